The van der Waals surface area contributed by atoms with Crippen LogP contribution in [0.15, 0.2) is 24.3 Å². The number of alkyl halides is 3. The molecule has 114 valence electrons. The minimum Gasteiger partial charge on any atom is -0.490 e. The molecule has 0 aliphatic heterocycles. The van der Waals surface area contributed by atoms with Crippen LogP contribution in [0, 0.1) is 0 Å². The molecule has 0 bridgehead atoms. The average molecular weight is 291 g/mol. The van der Waals surface area contributed by atoms with Crippen LogP contribution in [0.25, 0.3) is 0 Å². The first-order valence-corrected chi connectivity index (χ1v) is 6.71. The quantitative estimate of drug-likeness (QED) is 0.703. The number of hydrogen-bond acceptors (Lipinski definition) is 3. The van der Waals surface area contributed by atoms with Gasteiger partial charge in [0.05, 0.1) is 6.61 Å². The summed E-state index contributed by atoms with van der Waals surface area (Å²) in [5.74, 6) is -0.177. The van der Waals surface area contributed by atoms with E-state index in [9.17, 15) is 13.2 Å². The fourth-order valence-electron chi connectivity index (χ4n) is 1.67. The van der Waals surface area contributed by atoms with Crippen LogP contribution in [0.4, 0.5) is 13.2 Å². The van der Waals surface area contributed by atoms with Crippen LogP contribution in [0.3, 0.4) is 0 Å². The van der Waals surface area contributed by atoms with Crippen LogP contribution < -0.4 is 14.8 Å². The molecule has 1 aromatic carbocycles. The smallest absolute Gasteiger partial charge is 0.490 e. The molecule has 6 heteroatoms. The van der Waals surface area contributed by atoms with Gasteiger partial charge >= 0.3 is 6.36 Å². The van der Waals surface area contributed by atoms with Gasteiger partial charge in [-0.2, -0.15) is 0 Å². The van der Waals surface area contributed by atoms with E-state index in [1.165, 1.54) is 18.2 Å². The van der Waals surface area contributed by atoms with E-state index >= 15 is 0 Å². The van der Waals surface area contributed by atoms with Crippen molar-refractivity contribution in [3.05, 3.63) is 24.3 Å². The lowest BCUT2D eigenvalue weighted by atomic mass is 10.2. The molecule has 0 spiro atoms. The third-order valence-electron chi connectivity index (χ3n) is 2.58. The first-order valence-electron chi connectivity index (χ1n) is 6.71. The lowest BCUT2D eigenvalue weighted by molar-refractivity contribution is -0.275. The van der Waals surface area contributed by atoms with E-state index in [0.29, 0.717) is 6.61 Å². The van der Waals surface area contributed by atoms with E-state index in [0.717, 1.165) is 32.4 Å². The Labute approximate surface area is 117 Å². The number of rotatable bonds is 9. The molecule has 1 aromatic rings. The average Bonchev–Trinajstić information content (AvgIpc) is 2.38. The second-order valence-corrected chi connectivity index (χ2v) is 4.26. The Balaban J connectivity index is 2.33. The van der Waals surface area contributed by atoms with E-state index in [4.69, 9.17) is 4.74 Å². The summed E-state index contributed by atoms with van der Waals surface area (Å²) in [4.78, 5) is 0. The minimum atomic E-state index is -4.70. The van der Waals surface area contributed by atoms with Gasteiger partial charge in [-0.3, -0.25) is 0 Å². The molecule has 1 rings (SSSR count). The topological polar surface area (TPSA) is 30.5 Å². The van der Waals surface area contributed by atoms with Gasteiger partial charge < -0.3 is 14.8 Å². The maximum absolute atomic E-state index is 12.2. The zero-order valence-electron chi connectivity index (χ0n) is 11.5. The van der Waals surface area contributed by atoms with Crippen molar-refractivity contribution < 1.29 is 22.6 Å². The van der Waals surface area contributed by atoms with Crippen LogP contribution in [0.2, 0.25) is 0 Å². The van der Waals surface area contributed by atoms with Crippen LogP contribution >= 0.6 is 0 Å². The molecule has 0 fully saturated rings. The highest BCUT2D eigenvalue weighted by Crippen LogP contribution is 2.31. The fraction of sp³-hybridized carbons (Fsp3) is 0.571. The van der Waals surface area contributed by atoms with E-state index in [2.05, 4.69) is 10.1 Å². The molecule has 20 heavy (non-hydrogen) atoms. The number of unbranched alkanes of at least 4 members (excludes halogenated alkanes) is 2. The van der Waals surface area contributed by atoms with Gasteiger partial charge in [0.2, 0.25) is 0 Å². The Kier molecular flexibility index (Phi) is 7.22. The molecular weight excluding hydrogens is 271 g/mol. The first-order chi connectivity index (χ1) is 9.53. The van der Waals surface area contributed by atoms with Crippen LogP contribution in [-0.2, 0) is 0 Å². The summed E-state index contributed by atoms with van der Waals surface area (Å²) in [6.07, 6.45) is -1.91. The summed E-state index contributed by atoms with van der Waals surface area (Å²) in [6, 6.07) is 5.81. The maximum Gasteiger partial charge on any atom is 0.573 e. The molecule has 0 saturated carbocycles. The third-order valence-corrected chi connectivity index (χ3v) is 2.58. The summed E-state index contributed by atoms with van der Waals surface area (Å²) >= 11 is 0. The maximum atomic E-state index is 12.2. The first kappa shape index (κ1) is 16.6. The minimum absolute atomic E-state index is 0.122. The van der Waals surface area contributed by atoms with Crippen molar-refractivity contribution >= 4 is 0 Å². The molecule has 0 unspecified atom stereocenters. The second-order valence-electron chi connectivity index (χ2n) is 4.26. The highest BCUT2D eigenvalue weighted by atomic mass is 19.4. The van der Waals surface area contributed by atoms with Gasteiger partial charge in [0.25, 0.3) is 0 Å². The molecule has 0 amide bonds. The molecule has 0 aliphatic carbocycles. The zero-order valence-corrected chi connectivity index (χ0v) is 11.5. The Morgan fingerprint density at radius 1 is 1.05 bits per heavy atom. The molecule has 0 aliphatic rings. The van der Waals surface area contributed by atoms with E-state index in [1.807, 2.05) is 6.92 Å². The molecule has 0 aromatic heterocycles. The van der Waals surface area contributed by atoms with Crippen LogP contribution in [-0.4, -0.2) is 26.1 Å². The standard InChI is InChI=1S/C14H20F3NO2/c1-2-18-10-6-3-7-11-19-12-8-4-5-9-13(12)20-14(15,16)17/h4-5,8-9,18H,2-3,6-7,10-11H2,1H3. The Bertz CT molecular complexity index is 383. The Morgan fingerprint density at radius 3 is 2.40 bits per heavy atom. The van der Waals surface area contributed by atoms with Crippen molar-refractivity contribution in [3.63, 3.8) is 0 Å². The third kappa shape index (κ3) is 7.23. The monoisotopic (exact) mass is 291 g/mol. The van der Waals surface area contributed by atoms with Crippen LogP contribution in [0.1, 0.15) is 26.2 Å². The normalized spacial score (nSPS) is 11.4. The van der Waals surface area contributed by atoms with E-state index in [-0.39, 0.29) is 11.5 Å². The van der Waals surface area contributed by atoms with Crippen molar-refractivity contribution in [1.82, 2.24) is 5.32 Å². The van der Waals surface area contributed by atoms with E-state index < -0.39 is 6.36 Å². The summed E-state index contributed by atoms with van der Waals surface area (Å²) < 4.78 is 45.8. The highest BCUT2D eigenvalue weighted by molar-refractivity contribution is 5.39. The number of para-hydroxylation sites is 2. The number of nitrogens with one attached hydrogen (secondary N) is 1. The molecule has 0 heterocycles. The van der Waals surface area contributed by atoms with Gasteiger partial charge in [-0.05, 0) is 44.5 Å². The molecule has 3 nitrogen and oxygen atoms in total. The summed E-state index contributed by atoms with van der Waals surface area (Å²) in [6.45, 7) is 4.31. The predicted molar refractivity (Wildman–Crippen MR) is 71.0 cm³/mol. The summed E-state index contributed by atoms with van der Waals surface area (Å²) in [7, 11) is 0. The van der Waals surface area contributed by atoms with Crippen molar-refractivity contribution in [2.24, 2.45) is 0 Å². The van der Waals surface area contributed by atoms with Gasteiger partial charge in [-0.1, -0.05) is 19.1 Å². The van der Waals surface area contributed by atoms with Crippen molar-refractivity contribution in [1.29, 1.82) is 0 Å². The molecule has 0 saturated heterocycles. The summed E-state index contributed by atoms with van der Waals surface area (Å²) in [5, 5.41) is 3.21. The van der Waals surface area contributed by atoms with Crippen molar-refractivity contribution in [2.45, 2.75) is 32.5 Å². The van der Waals surface area contributed by atoms with Gasteiger partial charge in [-0.15, -0.1) is 13.2 Å². The van der Waals surface area contributed by atoms with Gasteiger partial charge in [0, 0.05) is 0 Å². The SMILES string of the molecule is CCNCCCCCOc1ccccc1OC(F)(F)F. The van der Waals surface area contributed by atoms with E-state index in [1.54, 1.807) is 6.07 Å². The predicted octanol–water partition coefficient (Wildman–Crippen LogP) is 3.74. The largest absolute Gasteiger partial charge is 0.573 e. The van der Waals surface area contributed by atoms with Crippen molar-refractivity contribution in [2.75, 3.05) is 19.7 Å². The van der Waals surface area contributed by atoms with Crippen LogP contribution in [0.5, 0.6) is 11.5 Å². The number of benzene rings is 1. The van der Waals surface area contributed by atoms with Gasteiger partial charge in [0.1, 0.15) is 0 Å². The van der Waals surface area contributed by atoms with Gasteiger partial charge in [0.15, 0.2) is 11.5 Å². The number of ether oxygens (including phenoxy) is 2. The van der Waals surface area contributed by atoms with Gasteiger partial charge in [-0.25, -0.2) is 0 Å². The molecule has 0 radical (unpaired) electrons. The fourth-order valence-corrected chi connectivity index (χ4v) is 1.67. The molecular formula is C14H20F3NO2. The lowest BCUT2D eigenvalue weighted by Crippen LogP contribution is -2.17. The summed E-state index contributed by atoms with van der Waals surface area (Å²) in [5.41, 5.74) is 0. The second kappa shape index (κ2) is 8.68. The number of hydrogen-bond donors (Lipinski definition) is 1. The zero-order chi connectivity index (χ0) is 14.8. The molecule has 1 N–H and O–H groups in total. The Hall–Kier alpha value is -1.43. The Morgan fingerprint density at radius 2 is 1.75 bits per heavy atom. The highest BCUT2D eigenvalue weighted by Gasteiger charge is 2.32. The molecule has 0 atom stereocenters. The number of halogens is 3. The lowest BCUT2D eigenvalue weighted by Gasteiger charge is -2.13. The van der Waals surface area contributed by atoms with Crippen molar-refractivity contribution in [3.8, 4) is 11.5 Å².